The fourth-order valence-corrected chi connectivity index (χ4v) is 8.87. The summed E-state index contributed by atoms with van der Waals surface area (Å²) in [5, 5.41) is 0. The molecule has 2 fully saturated rings. The van der Waals surface area contributed by atoms with E-state index in [1.165, 1.54) is 114 Å². The smallest absolute Gasteiger partial charge is 0.227 e. The van der Waals surface area contributed by atoms with Crippen molar-refractivity contribution in [3.63, 3.8) is 0 Å². The van der Waals surface area contributed by atoms with Crippen LogP contribution >= 0.6 is 0 Å². The highest BCUT2D eigenvalue weighted by Gasteiger charge is 2.25. The van der Waals surface area contributed by atoms with Crippen LogP contribution < -0.4 is 9.47 Å². The van der Waals surface area contributed by atoms with Gasteiger partial charge in [0.2, 0.25) is 11.8 Å². The number of unbranched alkanes of at least 4 members (excludes halogenated alkanes) is 2. The van der Waals surface area contributed by atoms with Crippen LogP contribution in [0.25, 0.3) is 45.1 Å². The molecular formula is C48H64N2O4. The van der Waals surface area contributed by atoms with Crippen LogP contribution in [0, 0.1) is 11.8 Å². The Morgan fingerprint density at radius 2 is 0.981 bits per heavy atom. The molecule has 0 amide bonds. The van der Waals surface area contributed by atoms with Crippen molar-refractivity contribution in [2.75, 3.05) is 13.2 Å². The average molecular weight is 733 g/mol. The first-order valence-electron chi connectivity index (χ1n) is 21.8. The lowest BCUT2D eigenvalue weighted by molar-refractivity contribution is 0.229. The Morgan fingerprint density at radius 1 is 0.574 bits per heavy atom. The first-order valence-corrected chi connectivity index (χ1v) is 21.8. The van der Waals surface area contributed by atoms with Gasteiger partial charge in [-0.2, -0.15) is 0 Å². The zero-order valence-corrected chi connectivity index (χ0v) is 33.6. The van der Waals surface area contributed by atoms with Crippen LogP contribution in [-0.2, 0) is 0 Å². The molecule has 0 saturated heterocycles. The second kappa shape index (κ2) is 18.7. The number of ether oxygens (including phenoxy) is 2. The third kappa shape index (κ3) is 9.17. The summed E-state index contributed by atoms with van der Waals surface area (Å²) in [7, 11) is 0. The van der Waals surface area contributed by atoms with E-state index in [9.17, 15) is 0 Å². The van der Waals surface area contributed by atoms with E-state index in [4.69, 9.17) is 28.3 Å². The van der Waals surface area contributed by atoms with Gasteiger partial charge in [0.1, 0.15) is 22.5 Å². The van der Waals surface area contributed by atoms with Crippen LogP contribution in [0.3, 0.4) is 0 Å². The van der Waals surface area contributed by atoms with Crippen molar-refractivity contribution < 1.29 is 18.3 Å². The number of rotatable bonds is 18. The summed E-state index contributed by atoms with van der Waals surface area (Å²) in [5.41, 5.74) is 7.85. The molecule has 0 bridgehead atoms. The van der Waals surface area contributed by atoms with E-state index in [-0.39, 0.29) is 0 Å². The Hall–Kier alpha value is -3.80. The number of hydrogen-bond donors (Lipinski definition) is 0. The monoisotopic (exact) mass is 732 g/mol. The van der Waals surface area contributed by atoms with Crippen molar-refractivity contribution in [3.05, 3.63) is 59.7 Å². The molecular weight excluding hydrogens is 669 g/mol. The van der Waals surface area contributed by atoms with Crippen molar-refractivity contribution >= 4 is 22.2 Å². The van der Waals surface area contributed by atoms with E-state index < -0.39 is 0 Å². The molecule has 0 radical (unpaired) electrons. The van der Waals surface area contributed by atoms with Gasteiger partial charge in [-0.3, -0.25) is 0 Å². The van der Waals surface area contributed by atoms with E-state index in [1.807, 2.05) is 0 Å². The summed E-state index contributed by atoms with van der Waals surface area (Å²) < 4.78 is 26.1. The maximum Gasteiger partial charge on any atom is 0.227 e. The SMILES string of the molecule is CCCCC(CC)COc1cc2oc(-c3ccc(-c4nc5cc(C6CCCCC6)c(OCC(CC)CCCC)cc5o4)cc3)nc2cc1C1CCCCC1. The Balaban J connectivity index is 1.13. The summed E-state index contributed by atoms with van der Waals surface area (Å²) in [5.74, 6) is 5.41. The van der Waals surface area contributed by atoms with Gasteiger partial charge in [0.15, 0.2) is 11.2 Å². The molecule has 0 N–H and O–H groups in total. The van der Waals surface area contributed by atoms with E-state index in [2.05, 4.69) is 76.2 Å². The normalized spacial score (nSPS) is 17.0. The number of aromatic nitrogens is 2. The molecule has 2 heterocycles. The van der Waals surface area contributed by atoms with Crippen LogP contribution in [0.15, 0.2) is 57.4 Å². The van der Waals surface area contributed by atoms with Gasteiger partial charge in [-0.15, -0.1) is 0 Å². The highest BCUT2D eigenvalue weighted by molar-refractivity contribution is 5.81. The number of benzene rings is 3. The lowest BCUT2D eigenvalue weighted by atomic mass is 9.83. The molecule has 2 aliphatic carbocycles. The third-order valence-electron chi connectivity index (χ3n) is 12.5. The molecule has 290 valence electrons. The fraction of sp³-hybridized carbons (Fsp3) is 0.583. The second-order valence-electron chi connectivity index (χ2n) is 16.5. The molecule has 6 nitrogen and oxygen atoms in total. The van der Waals surface area contributed by atoms with Gasteiger partial charge in [0, 0.05) is 23.3 Å². The van der Waals surface area contributed by atoms with Gasteiger partial charge in [-0.05, 0) is 110 Å². The molecule has 2 unspecified atom stereocenters. The minimum atomic E-state index is 0.519. The van der Waals surface area contributed by atoms with Gasteiger partial charge in [0.05, 0.1) is 13.2 Å². The highest BCUT2D eigenvalue weighted by atomic mass is 16.5. The van der Waals surface area contributed by atoms with Crippen molar-refractivity contribution in [1.29, 1.82) is 0 Å². The van der Waals surface area contributed by atoms with Crippen molar-refractivity contribution in [1.82, 2.24) is 9.97 Å². The zero-order valence-electron chi connectivity index (χ0n) is 33.6. The standard InChI is InChI=1S/C48H64N2O4/c1-5-9-17-33(7-3)31-51-43-29-45-41(27-39(43)35-19-13-11-14-20-35)49-47(53-45)37-23-25-38(26-24-37)48-50-42-28-40(36-21-15-12-16-22-36)44(30-46(42)54-48)52-32-34(8-4)18-10-6-2/h23-30,33-36H,5-22,31-32H2,1-4H3. The Labute approximate surface area is 323 Å². The van der Waals surface area contributed by atoms with Gasteiger partial charge in [-0.25, -0.2) is 9.97 Å². The van der Waals surface area contributed by atoms with Gasteiger partial charge >= 0.3 is 0 Å². The van der Waals surface area contributed by atoms with Crippen LogP contribution in [0.5, 0.6) is 11.5 Å². The third-order valence-corrected chi connectivity index (χ3v) is 12.5. The zero-order chi connectivity index (χ0) is 37.3. The van der Waals surface area contributed by atoms with Crippen molar-refractivity contribution in [3.8, 4) is 34.4 Å². The number of nitrogens with zero attached hydrogens (tertiary/aromatic N) is 2. The minimum absolute atomic E-state index is 0.519. The highest BCUT2D eigenvalue weighted by Crippen LogP contribution is 2.42. The molecule has 0 aliphatic heterocycles. The fourth-order valence-electron chi connectivity index (χ4n) is 8.87. The largest absolute Gasteiger partial charge is 0.493 e. The second-order valence-corrected chi connectivity index (χ2v) is 16.5. The molecule has 6 heteroatoms. The molecule has 2 saturated carbocycles. The first kappa shape index (κ1) is 38.5. The topological polar surface area (TPSA) is 70.5 Å². The van der Waals surface area contributed by atoms with Crippen LogP contribution in [-0.4, -0.2) is 23.2 Å². The van der Waals surface area contributed by atoms with E-state index in [1.54, 1.807) is 0 Å². The molecule has 2 atom stereocenters. The quantitative estimate of drug-likeness (QED) is 0.0893. The molecule has 3 aromatic carbocycles. The van der Waals surface area contributed by atoms with Gasteiger partial charge in [0.25, 0.3) is 0 Å². The average Bonchev–Trinajstić information content (AvgIpc) is 3.85. The van der Waals surface area contributed by atoms with Crippen molar-refractivity contribution in [2.45, 2.75) is 155 Å². The molecule has 5 aromatic rings. The predicted molar refractivity (Wildman–Crippen MR) is 222 cm³/mol. The first-order chi connectivity index (χ1) is 26.6. The Kier molecular flexibility index (Phi) is 13.3. The van der Waals surface area contributed by atoms with Crippen LogP contribution in [0.1, 0.15) is 166 Å². The molecule has 2 aliphatic rings. The Morgan fingerprint density at radius 3 is 1.35 bits per heavy atom. The van der Waals surface area contributed by atoms with Crippen LogP contribution in [0.2, 0.25) is 0 Å². The lowest BCUT2D eigenvalue weighted by Gasteiger charge is -2.25. The van der Waals surface area contributed by atoms with Gasteiger partial charge < -0.3 is 18.3 Å². The minimum Gasteiger partial charge on any atom is -0.493 e. The van der Waals surface area contributed by atoms with E-state index >= 15 is 0 Å². The summed E-state index contributed by atoms with van der Waals surface area (Å²) >= 11 is 0. The summed E-state index contributed by atoms with van der Waals surface area (Å²) in [6.45, 7) is 10.6. The number of hydrogen-bond acceptors (Lipinski definition) is 6. The Bertz CT molecular complexity index is 1770. The number of fused-ring (bicyclic) bond motifs is 2. The van der Waals surface area contributed by atoms with Crippen molar-refractivity contribution in [2.24, 2.45) is 11.8 Å². The van der Waals surface area contributed by atoms with Crippen LogP contribution in [0.4, 0.5) is 0 Å². The van der Waals surface area contributed by atoms with Gasteiger partial charge in [-0.1, -0.05) is 105 Å². The summed E-state index contributed by atoms with van der Waals surface area (Å²) in [6.07, 6.45) is 22.3. The molecule has 2 aromatic heterocycles. The maximum atomic E-state index is 6.63. The van der Waals surface area contributed by atoms with E-state index in [0.29, 0.717) is 35.5 Å². The predicted octanol–water partition coefficient (Wildman–Crippen LogP) is 14.6. The summed E-state index contributed by atoms with van der Waals surface area (Å²) in [6, 6.07) is 17.0. The summed E-state index contributed by atoms with van der Waals surface area (Å²) in [4.78, 5) is 10.0. The van der Waals surface area contributed by atoms with E-state index in [0.717, 1.165) is 70.9 Å². The molecule has 0 spiro atoms. The number of oxazole rings is 2. The molecule has 54 heavy (non-hydrogen) atoms. The molecule has 7 rings (SSSR count). The maximum absolute atomic E-state index is 6.63. The lowest BCUT2D eigenvalue weighted by Crippen LogP contribution is -2.13.